The summed E-state index contributed by atoms with van der Waals surface area (Å²) in [7, 11) is 0. The largest absolute Gasteiger partial charge is 0.480 e. The topological polar surface area (TPSA) is 83.9 Å². The maximum absolute atomic E-state index is 11.4. The lowest BCUT2D eigenvalue weighted by Gasteiger charge is -2.37. The average Bonchev–Trinajstić information content (AvgIpc) is 2.57. The van der Waals surface area contributed by atoms with Crippen LogP contribution in [0.4, 0.5) is 0 Å². The van der Waals surface area contributed by atoms with Gasteiger partial charge in [-0.15, -0.1) is 0 Å². The smallest absolute Gasteiger partial charge is 0.327 e. The highest BCUT2D eigenvalue weighted by molar-refractivity contribution is 8.00. The lowest BCUT2D eigenvalue weighted by atomic mass is 10.0. The number of ether oxygens (including phenoxy) is 1. The second-order valence-corrected chi connectivity index (χ2v) is 5.77. The summed E-state index contributed by atoms with van der Waals surface area (Å²) in [5.74, 6) is -0.801. The van der Waals surface area contributed by atoms with Crippen LogP contribution in [-0.2, 0) is 19.1 Å². The van der Waals surface area contributed by atoms with E-state index < -0.39 is 12.0 Å². The summed E-state index contributed by atoms with van der Waals surface area (Å²) >= 11 is 1.46. The summed E-state index contributed by atoms with van der Waals surface area (Å²) in [5.41, 5.74) is 0. The molecule has 100 valence electrons. The van der Waals surface area contributed by atoms with Gasteiger partial charge in [0.1, 0.15) is 12.6 Å². The summed E-state index contributed by atoms with van der Waals surface area (Å²) < 4.78 is 4.80. The van der Waals surface area contributed by atoms with E-state index in [2.05, 4.69) is 0 Å². The predicted octanol–water partition coefficient (Wildman–Crippen LogP) is 0.109. The molecule has 2 aliphatic heterocycles. The highest BCUT2D eigenvalue weighted by Crippen LogP contribution is 2.40. The number of hydrogen-bond acceptors (Lipinski definition) is 5. The van der Waals surface area contributed by atoms with Crippen molar-refractivity contribution in [3.05, 3.63) is 0 Å². The molecule has 3 atom stereocenters. The van der Waals surface area contributed by atoms with E-state index in [4.69, 9.17) is 4.74 Å². The maximum atomic E-state index is 11.4. The number of fused-ring (bicyclic) bond motifs is 1. The molecule has 2 aliphatic rings. The Balaban J connectivity index is 1.86. The van der Waals surface area contributed by atoms with Crippen LogP contribution in [0, 0.1) is 0 Å². The van der Waals surface area contributed by atoms with Crippen LogP contribution in [0.2, 0.25) is 0 Å². The number of hydrogen-bond donors (Lipinski definition) is 1. The second kappa shape index (κ2) is 5.17. The summed E-state index contributed by atoms with van der Waals surface area (Å²) in [4.78, 5) is 34.6. The first-order valence-electron chi connectivity index (χ1n) is 5.79. The molecule has 2 heterocycles. The standard InChI is InChI=1S/C11H15NO5S/c1-6(13)17-2-3-18-8-4-7-5-9(14)12(7)10(8)11(15)16/h7-8,10H,2-5H2,1H3,(H,15,16). The van der Waals surface area contributed by atoms with E-state index >= 15 is 0 Å². The summed E-state index contributed by atoms with van der Waals surface area (Å²) in [6, 6.07) is -0.636. The summed E-state index contributed by atoms with van der Waals surface area (Å²) in [6.45, 7) is 1.62. The number of nitrogens with zero attached hydrogens (tertiary/aromatic N) is 1. The molecule has 0 aromatic rings. The molecule has 0 radical (unpaired) electrons. The first kappa shape index (κ1) is 13.2. The molecule has 0 saturated carbocycles. The SMILES string of the molecule is CC(=O)OCCSC1CC2CC(=O)N2C1C(=O)O. The zero-order valence-corrected chi connectivity index (χ0v) is 10.8. The van der Waals surface area contributed by atoms with Crippen LogP contribution < -0.4 is 0 Å². The number of rotatable bonds is 5. The lowest BCUT2D eigenvalue weighted by molar-refractivity contribution is -0.156. The van der Waals surface area contributed by atoms with Crippen molar-refractivity contribution in [2.45, 2.75) is 37.1 Å². The average molecular weight is 273 g/mol. The first-order chi connectivity index (χ1) is 8.50. The van der Waals surface area contributed by atoms with Gasteiger partial charge in [-0.05, 0) is 6.42 Å². The number of aliphatic carboxylic acids is 1. The molecule has 0 aromatic carbocycles. The van der Waals surface area contributed by atoms with Gasteiger partial charge < -0.3 is 14.7 Å². The van der Waals surface area contributed by atoms with Gasteiger partial charge >= 0.3 is 11.9 Å². The number of carbonyl (C=O) groups excluding carboxylic acids is 2. The number of carboxylic acid groups (broad SMARTS) is 1. The van der Waals surface area contributed by atoms with Gasteiger partial charge in [0.15, 0.2) is 0 Å². The Morgan fingerprint density at radius 2 is 2.28 bits per heavy atom. The Kier molecular flexibility index (Phi) is 3.79. The van der Waals surface area contributed by atoms with Crippen molar-refractivity contribution < 1.29 is 24.2 Å². The molecule has 18 heavy (non-hydrogen) atoms. The van der Waals surface area contributed by atoms with Crippen molar-refractivity contribution in [3.8, 4) is 0 Å². The van der Waals surface area contributed by atoms with Crippen LogP contribution in [0.3, 0.4) is 0 Å². The molecular formula is C11H15NO5S. The Bertz CT molecular complexity index is 386. The molecule has 1 N–H and O–H groups in total. The zero-order chi connectivity index (χ0) is 13.3. The van der Waals surface area contributed by atoms with Crippen LogP contribution >= 0.6 is 11.8 Å². The van der Waals surface area contributed by atoms with Crippen molar-refractivity contribution in [3.63, 3.8) is 0 Å². The second-order valence-electron chi connectivity index (χ2n) is 4.43. The summed E-state index contributed by atoms with van der Waals surface area (Å²) in [6.07, 6.45) is 1.18. The Labute approximate surface area is 109 Å². The monoisotopic (exact) mass is 273 g/mol. The fourth-order valence-corrected chi connectivity index (χ4v) is 3.74. The molecule has 7 heteroatoms. The van der Waals surface area contributed by atoms with E-state index in [1.165, 1.54) is 23.6 Å². The third-order valence-corrected chi connectivity index (χ3v) is 4.50. The van der Waals surface area contributed by atoms with E-state index in [9.17, 15) is 19.5 Å². The highest BCUT2D eigenvalue weighted by atomic mass is 32.2. The van der Waals surface area contributed by atoms with Crippen molar-refractivity contribution in [2.75, 3.05) is 12.4 Å². The van der Waals surface area contributed by atoms with E-state index in [-0.39, 0.29) is 29.8 Å². The van der Waals surface area contributed by atoms with Crippen molar-refractivity contribution in [1.29, 1.82) is 0 Å². The van der Waals surface area contributed by atoms with E-state index in [0.717, 1.165) is 0 Å². The number of carboxylic acids is 1. The van der Waals surface area contributed by atoms with E-state index in [1.807, 2.05) is 0 Å². The lowest BCUT2D eigenvalue weighted by Crippen LogP contribution is -2.55. The minimum absolute atomic E-state index is 0.0736. The van der Waals surface area contributed by atoms with Gasteiger partial charge in [-0.2, -0.15) is 11.8 Å². The molecule has 0 aromatic heterocycles. The van der Waals surface area contributed by atoms with Gasteiger partial charge in [-0.25, -0.2) is 4.79 Å². The number of amides is 1. The molecule has 0 spiro atoms. The maximum Gasteiger partial charge on any atom is 0.327 e. The van der Waals surface area contributed by atoms with Gasteiger partial charge in [0.05, 0.1) is 0 Å². The molecule has 2 saturated heterocycles. The van der Waals surface area contributed by atoms with Crippen LogP contribution in [0.1, 0.15) is 19.8 Å². The van der Waals surface area contributed by atoms with E-state index in [0.29, 0.717) is 18.6 Å². The quantitative estimate of drug-likeness (QED) is 0.435. The van der Waals surface area contributed by atoms with Crippen LogP contribution in [0.15, 0.2) is 0 Å². The molecule has 2 fully saturated rings. The predicted molar refractivity (Wildman–Crippen MR) is 64.2 cm³/mol. The number of thioether (sulfide) groups is 1. The molecule has 6 nitrogen and oxygen atoms in total. The third kappa shape index (κ3) is 2.45. The van der Waals surface area contributed by atoms with Crippen LogP contribution in [0.5, 0.6) is 0 Å². The Morgan fingerprint density at radius 1 is 1.56 bits per heavy atom. The third-order valence-electron chi connectivity index (χ3n) is 3.22. The van der Waals surface area contributed by atoms with Gasteiger partial charge in [0, 0.05) is 30.4 Å². The van der Waals surface area contributed by atoms with Crippen molar-refractivity contribution >= 4 is 29.6 Å². The zero-order valence-electron chi connectivity index (χ0n) is 10.00. The number of β-lactam (4-membered cyclic amide) rings is 1. The van der Waals surface area contributed by atoms with Gasteiger partial charge in [-0.3, -0.25) is 9.59 Å². The van der Waals surface area contributed by atoms with Crippen LogP contribution in [-0.4, -0.2) is 57.5 Å². The summed E-state index contributed by atoms with van der Waals surface area (Å²) in [5, 5.41) is 9.07. The minimum atomic E-state index is -0.949. The number of carbonyl (C=O) groups is 3. The molecule has 2 rings (SSSR count). The normalized spacial score (nSPS) is 29.7. The van der Waals surface area contributed by atoms with Crippen molar-refractivity contribution in [1.82, 2.24) is 4.90 Å². The van der Waals surface area contributed by atoms with E-state index in [1.54, 1.807) is 0 Å². The van der Waals surface area contributed by atoms with Crippen LogP contribution in [0.25, 0.3) is 0 Å². The first-order valence-corrected chi connectivity index (χ1v) is 6.84. The van der Waals surface area contributed by atoms with Gasteiger partial charge in [0.25, 0.3) is 0 Å². The molecular weight excluding hydrogens is 258 g/mol. The van der Waals surface area contributed by atoms with Gasteiger partial charge in [-0.1, -0.05) is 0 Å². The molecule has 0 bridgehead atoms. The fraction of sp³-hybridized carbons (Fsp3) is 0.727. The fourth-order valence-electron chi connectivity index (χ4n) is 2.47. The number of esters is 1. The highest BCUT2D eigenvalue weighted by Gasteiger charge is 2.53. The van der Waals surface area contributed by atoms with Gasteiger partial charge in [0.2, 0.25) is 5.91 Å². The Morgan fingerprint density at radius 3 is 2.83 bits per heavy atom. The molecule has 1 amide bonds. The molecule has 0 aliphatic carbocycles. The minimum Gasteiger partial charge on any atom is -0.480 e. The van der Waals surface area contributed by atoms with Crippen molar-refractivity contribution in [2.24, 2.45) is 0 Å². The Hall–Kier alpha value is -1.24. The molecule has 3 unspecified atom stereocenters.